The fourth-order valence-electron chi connectivity index (χ4n) is 2.70. The van der Waals surface area contributed by atoms with Gasteiger partial charge in [0, 0.05) is 28.9 Å². The Labute approximate surface area is 150 Å². The molecule has 4 aromatic rings. The summed E-state index contributed by atoms with van der Waals surface area (Å²) in [5.41, 5.74) is 3.08. The van der Waals surface area contributed by atoms with Crippen LogP contribution in [0.15, 0.2) is 61.3 Å². The maximum absolute atomic E-state index is 12.5. The van der Waals surface area contributed by atoms with Gasteiger partial charge < -0.3 is 5.32 Å². The maximum atomic E-state index is 12.5. The number of hydrogen-bond acceptors (Lipinski definition) is 4. The summed E-state index contributed by atoms with van der Waals surface area (Å²) in [6.07, 6.45) is 5.07. The highest BCUT2D eigenvalue weighted by Gasteiger charge is 2.09. The first kappa shape index (κ1) is 16.0. The van der Waals surface area contributed by atoms with Crippen molar-refractivity contribution < 1.29 is 4.79 Å². The molecule has 0 radical (unpaired) electrons. The zero-order chi connectivity index (χ0) is 18.1. The van der Waals surface area contributed by atoms with Crippen LogP contribution >= 0.6 is 0 Å². The van der Waals surface area contributed by atoms with E-state index in [9.17, 15) is 4.79 Å². The van der Waals surface area contributed by atoms with Crippen LogP contribution in [0.25, 0.3) is 16.6 Å². The molecule has 7 nitrogen and oxygen atoms in total. The molecule has 0 aliphatic rings. The molecule has 130 valence electrons. The van der Waals surface area contributed by atoms with E-state index in [1.165, 1.54) is 6.33 Å². The van der Waals surface area contributed by atoms with Gasteiger partial charge in [-0.25, -0.2) is 9.67 Å². The number of rotatable bonds is 4. The first-order valence-corrected chi connectivity index (χ1v) is 8.35. The second-order valence-corrected chi connectivity index (χ2v) is 6.32. The van der Waals surface area contributed by atoms with Gasteiger partial charge in [0.05, 0.1) is 11.2 Å². The summed E-state index contributed by atoms with van der Waals surface area (Å²) in [5.74, 6) is -0.161. The summed E-state index contributed by atoms with van der Waals surface area (Å²) >= 11 is 0. The smallest absolute Gasteiger partial charge is 0.255 e. The SMILES string of the molecule is CC(C)n1cc2cc(NC(=O)c3ccc(-n4cncn4)cc3)ccc2n1. The highest BCUT2D eigenvalue weighted by molar-refractivity contribution is 6.05. The fourth-order valence-corrected chi connectivity index (χ4v) is 2.70. The summed E-state index contributed by atoms with van der Waals surface area (Å²) in [5, 5.41) is 12.5. The maximum Gasteiger partial charge on any atom is 0.255 e. The Hall–Kier alpha value is -3.48. The van der Waals surface area contributed by atoms with Crippen molar-refractivity contribution in [3.05, 3.63) is 66.9 Å². The number of nitrogens with zero attached hydrogens (tertiary/aromatic N) is 5. The average molecular weight is 346 g/mol. The van der Waals surface area contributed by atoms with Crippen LogP contribution in [-0.4, -0.2) is 30.5 Å². The third kappa shape index (κ3) is 3.06. The zero-order valence-electron chi connectivity index (χ0n) is 14.5. The Balaban J connectivity index is 1.53. The lowest BCUT2D eigenvalue weighted by Crippen LogP contribution is -2.11. The van der Waals surface area contributed by atoms with Crippen molar-refractivity contribution >= 4 is 22.5 Å². The van der Waals surface area contributed by atoms with E-state index in [0.29, 0.717) is 11.6 Å². The van der Waals surface area contributed by atoms with E-state index in [1.807, 2.05) is 41.2 Å². The predicted molar refractivity (Wildman–Crippen MR) is 99.4 cm³/mol. The van der Waals surface area contributed by atoms with E-state index in [0.717, 1.165) is 22.3 Å². The molecule has 0 unspecified atom stereocenters. The standard InChI is InChI=1S/C19H18N6O/c1-13(2)24-10-15-9-16(5-8-18(15)23-24)22-19(26)14-3-6-17(7-4-14)25-12-20-11-21-25/h3-13H,1-2H3,(H,22,26). The first-order valence-electron chi connectivity index (χ1n) is 8.35. The molecule has 0 fully saturated rings. The number of carbonyl (C=O) groups excluding carboxylic acids is 1. The number of nitrogens with one attached hydrogen (secondary N) is 1. The molecule has 0 spiro atoms. The molecular weight excluding hydrogens is 328 g/mol. The topological polar surface area (TPSA) is 77.6 Å². The molecule has 0 saturated carbocycles. The second kappa shape index (κ2) is 6.44. The van der Waals surface area contributed by atoms with Crippen LogP contribution in [0.2, 0.25) is 0 Å². The van der Waals surface area contributed by atoms with Crippen molar-refractivity contribution in [1.29, 1.82) is 0 Å². The number of benzene rings is 2. The van der Waals surface area contributed by atoms with E-state index < -0.39 is 0 Å². The van der Waals surface area contributed by atoms with E-state index in [4.69, 9.17) is 0 Å². The lowest BCUT2D eigenvalue weighted by molar-refractivity contribution is 0.102. The molecular formula is C19H18N6O. The summed E-state index contributed by atoms with van der Waals surface area (Å²) in [7, 11) is 0. The van der Waals surface area contributed by atoms with E-state index in [-0.39, 0.29) is 5.91 Å². The van der Waals surface area contributed by atoms with Gasteiger partial charge in [0.25, 0.3) is 5.91 Å². The van der Waals surface area contributed by atoms with Gasteiger partial charge in [-0.15, -0.1) is 0 Å². The minimum absolute atomic E-state index is 0.161. The van der Waals surface area contributed by atoms with Crippen LogP contribution in [0.3, 0.4) is 0 Å². The lowest BCUT2D eigenvalue weighted by atomic mass is 10.2. The predicted octanol–water partition coefficient (Wildman–Crippen LogP) is 3.45. The Bertz CT molecular complexity index is 1050. The first-order chi connectivity index (χ1) is 12.6. The van der Waals surface area contributed by atoms with Crippen molar-refractivity contribution in [1.82, 2.24) is 24.5 Å². The van der Waals surface area contributed by atoms with Crippen LogP contribution in [0.5, 0.6) is 0 Å². The van der Waals surface area contributed by atoms with Gasteiger partial charge in [-0.3, -0.25) is 9.48 Å². The molecule has 1 N–H and O–H groups in total. The molecule has 0 saturated heterocycles. The van der Waals surface area contributed by atoms with Crippen molar-refractivity contribution in [2.24, 2.45) is 0 Å². The summed E-state index contributed by atoms with van der Waals surface area (Å²) in [6.45, 7) is 4.16. The van der Waals surface area contributed by atoms with E-state index in [2.05, 4.69) is 34.3 Å². The third-order valence-electron chi connectivity index (χ3n) is 4.12. The van der Waals surface area contributed by atoms with Crippen LogP contribution in [0, 0.1) is 0 Å². The number of hydrogen-bond donors (Lipinski definition) is 1. The third-order valence-corrected chi connectivity index (χ3v) is 4.12. The molecule has 26 heavy (non-hydrogen) atoms. The molecule has 0 aliphatic heterocycles. The summed E-state index contributed by atoms with van der Waals surface area (Å²) in [6, 6.07) is 13.2. The fraction of sp³-hybridized carbons (Fsp3) is 0.158. The van der Waals surface area contributed by atoms with Crippen LogP contribution in [-0.2, 0) is 0 Å². The van der Waals surface area contributed by atoms with Crippen LogP contribution in [0.4, 0.5) is 5.69 Å². The molecule has 2 heterocycles. The number of amides is 1. The monoisotopic (exact) mass is 346 g/mol. The molecule has 0 atom stereocenters. The van der Waals surface area contributed by atoms with Crippen molar-refractivity contribution in [3.63, 3.8) is 0 Å². The van der Waals surface area contributed by atoms with Gasteiger partial charge >= 0.3 is 0 Å². The molecule has 2 aromatic heterocycles. The number of fused-ring (bicyclic) bond motifs is 1. The largest absolute Gasteiger partial charge is 0.322 e. The number of aromatic nitrogens is 5. The quantitative estimate of drug-likeness (QED) is 0.614. The molecule has 1 amide bonds. The molecule has 0 bridgehead atoms. The van der Waals surface area contributed by atoms with Crippen LogP contribution in [0.1, 0.15) is 30.2 Å². The minimum atomic E-state index is -0.161. The Morgan fingerprint density at radius 1 is 1.12 bits per heavy atom. The molecule has 2 aromatic carbocycles. The number of anilines is 1. The molecule has 0 aliphatic carbocycles. The van der Waals surface area contributed by atoms with Gasteiger partial charge in [-0.1, -0.05) is 0 Å². The number of carbonyl (C=O) groups is 1. The Kier molecular flexibility index (Phi) is 3.96. The normalized spacial score (nSPS) is 11.2. The van der Waals surface area contributed by atoms with Gasteiger partial charge in [-0.05, 0) is 56.3 Å². The highest BCUT2D eigenvalue weighted by Crippen LogP contribution is 2.20. The average Bonchev–Trinajstić information content (AvgIpc) is 3.31. The van der Waals surface area contributed by atoms with E-state index >= 15 is 0 Å². The Morgan fingerprint density at radius 2 is 1.92 bits per heavy atom. The second-order valence-electron chi connectivity index (χ2n) is 6.32. The van der Waals surface area contributed by atoms with Gasteiger partial charge in [-0.2, -0.15) is 10.2 Å². The van der Waals surface area contributed by atoms with Crippen molar-refractivity contribution in [2.75, 3.05) is 5.32 Å². The lowest BCUT2D eigenvalue weighted by Gasteiger charge is -2.06. The van der Waals surface area contributed by atoms with Crippen molar-refractivity contribution in [2.45, 2.75) is 19.9 Å². The summed E-state index contributed by atoms with van der Waals surface area (Å²) < 4.78 is 3.56. The molecule has 7 heteroatoms. The van der Waals surface area contributed by atoms with E-state index in [1.54, 1.807) is 23.1 Å². The van der Waals surface area contributed by atoms with Gasteiger partial charge in [0.15, 0.2) is 0 Å². The van der Waals surface area contributed by atoms with Crippen LogP contribution < -0.4 is 5.32 Å². The minimum Gasteiger partial charge on any atom is -0.322 e. The molecule has 4 rings (SSSR count). The highest BCUT2D eigenvalue weighted by atomic mass is 16.1. The summed E-state index contributed by atoms with van der Waals surface area (Å²) in [4.78, 5) is 16.4. The Morgan fingerprint density at radius 3 is 2.62 bits per heavy atom. The van der Waals surface area contributed by atoms with Crippen molar-refractivity contribution in [3.8, 4) is 5.69 Å². The van der Waals surface area contributed by atoms with Gasteiger partial charge in [0.2, 0.25) is 0 Å². The van der Waals surface area contributed by atoms with Gasteiger partial charge in [0.1, 0.15) is 12.7 Å². The zero-order valence-corrected chi connectivity index (χ0v) is 14.5.